The van der Waals surface area contributed by atoms with Gasteiger partial charge in [-0.2, -0.15) is 28.1 Å². The van der Waals surface area contributed by atoms with E-state index in [1.165, 1.54) is 24.3 Å². The average molecular weight is 749 g/mol. The van der Waals surface area contributed by atoms with Crippen LogP contribution >= 0.6 is 11.6 Å². The fourth-order valence-electron chi connectivity index (χ4n) is 5.24. The molecule has 0 radical (unpaired) electrons. The van der Waals surface area contributed by atoms with Gasteiger partial charge in [0.25, 0.3) is 5.91 Å². The van der Waals surface area contributed by atoms with Crippen molar-refractivity contribution in [1.82, 2.24) is 30.9 Å². The summed E-state index contributed by atoms with van der Waals surface area (Å²) in [5.41, 5.74) is 0.781. The Morgan fingerprint density at radius 3 is 2.31 bits per heavy atom. The summed E-state index contributed by atoms with van der Waals surface area (Å²) >= 11 is 6.02. The summed E-state index contributed by atoms with van der Waals surface area (Å²) < 4.78 is 53.7. The molecule has 1 aliphatic carbocycles. The number of nitrogens with zero attached hydrogens (tertiary/aromatic N) is 3. The van der Waals surface area contributed by atoms with Crippen LogP contribution in [-0.2, 0) is 29.4 Å². The lowest BCUT2D eigenvalue weighted by atomic mass is 10.0. The number of hydrogen-bond donors (Lipinski definition) is 5. The van der Waals surface area contributed by atoms with Crippen LogP contribution in [0.4, 0.5) is 30.8 Å². The molecule has 5 rings (SSSR count). The minimum atomic E-state index is -4.64. The number of carbonyl (C=O) groups is 4. The maximum absolute atomic E-state index is 13.0. The number of ether oxygens (including phenoxy) is 3. The second-order valence-corrected chi connectivity index (χ2v) is 12.6. The van der Waals surface area contributed by atoms with Gasteiger partial charge in [-0.25, -0.2) is 4.79 Å². The predicted molar refractivity (Wildman–Crippen MR) is 180 cm³/mol. The molecule has 1 saturated heterocycles. The number of carbonyl (C=O) groups excluding carboxylic acids is 4. The topological polar surface area (TPSA) is 195 Å². The Morgan fingerprint density at radius 1 is 0.981 bits per heavy atom. The fraction of sp³-hybridized carbons (Fsp3) is 0.424. The molecule has 2 aliphatic rings. The van der Waals surface area contributed by atoms with Crippen molar-refractivity contribution in [3.05, 3.63) is 64.7 Å². The third-order valence-electron chi connectivity index (χ3n) is 8.15. The number of benzene rings is 2. The number of anilines is 3. The molecule has 15 nitrogen and oxygen atoms in total. The Hall–Kier alpha value is -5.23. The van der Waals surface area contributed by atoms with Gasteiger partial charge in [0, 0.05) is 36.0 Å². The number of rotatable bonds is 14. The molecule has 1 aromatic heterocycles. The number of hydrogen-bond acceptors (Lipinski definition) is 12. The average Bonchev–Trinajstić information content (AvgIpc) is 3.91. The lowest BCUT2D eigenvalue weighted by Crippen LogP contribution is -2.51. The first-order valence-electron chi connectivity index (χ1n) is 16.2. The van der Waals surface area contributed by atoms with E-state index in [-0.39, 0.29) is 29.9 Å². The van der Waals surface area contributed by atoms with Crippen molar-refractivity contribution < 1.29 is 46.6 Å². The molecule has 3 amide bonds. The SMILES string of the molecule is COC(=O)[C@H](CNC(=O)C(=O)NCC1CCCOC1)NC(=O)c1ccc(Nc2nc(NC3(c4ccc(Cl)cc4)CC3)nc(OCC(F)(F)F)n2)cc1. The number of aromatic nitrogens is 3. The first kappa shape index (κ1) is 38.0. The van der Waals surface area contributed by atoms with E-state index in [9.17, 15) is 32.3 Å². The van der Waals surface area contributed by atoms with E-state index in [1.54, 1.807) is 12.1 Å². The van der Waals surface area contributed by atoms with Crippen molar-refractivity contribution in [3.63, 3.8) is 0 Å². The summed E-state index contributed by atoms with van der Waals surface area (Å²) in [6.07, 6.45) is -1.50. The molecule has 1 saturated carbocycles. The van der Waals surface area contributed by atoms with Gasteiger partial charge in [-0.15, -0.1) is 0 Å². The Balaban J connectivity index is 1.21. The quantitative estimate of drug-likeness (QED) is 0.120. The van der Waals surface area contributed by atoms with Crippen LogP contribution in [0.5, 0.6) is 6.01 Å². The van der Waals surface area contributed by atoms with Gasteiger partial charge in [0.1, 0.15) is 6.04 Å². The minimum absolute atomic E-state index is 0.0321. The summed E-state index contributed by atoms with van der Waals surface area (Å²) in [7, 11) is 1.10. The molecule has 2 atom stereocenters. The van der Waals surface area contributed by atoms with Gasteiger partial charge in [0.05, 0.1) is 19.3 Å². The molecular weight excluding hydrogens is 713 g/mol. The van der Waals surface area contributed by atoms with Crippen LogP contribution in [0.1, 0.15) is 41.6 Å². The van der Waals surface area contributed by atoms with E-state index in [4.69, 9.17) is 25.8 Å². The third-order valence-corrected chi connectivity index (χ3v) is 8.40. The molecule has 52 heavy (non-hydrogen) atoms. The first-order valence-corrected chi connectivity index (χ1v) is 16.6. The summed E-state index contributed by atoms with van der Waals surface area (Å²) in [4.78, 5) is 62.3. The van der Waals surface area contributed by atoms with Gasteiger partial charge < -0.3 is 40.8 Å². The van der Waals surface area contributed by atoms with Crippen molar-refractivity contribution in [3.8, 4) is 6.01 Å². The number of amides is 3. The number of halogens is 4. The van der Waals surface area contributed by atoms with Gasteiger partial charge in [0.2, 0.25) is 11.9 Å². The highest BCUT2D eigenvalue weighted by Gasteiger charge is 2.45. The van der Waals surface area contributed by atoms with Crippen LogP contribution in [0.15, 0.2) is 48.5 Å². The van der Waals surface area contributed by atoms with Crippen molar-refractivity contribution in [2.75, 3.05) is 50.7 Å². The zero-order chi connectivity index (χ0) is 37.3. The van der Waals surface area contributed by atoms with Crippen molar-refractivity contribution in [1.29, 1.82) is 0 Å². The van der Waals surface area contributed by atoms with Gasteiger partial charge in [0.15, 0.2) is 6.61 Å². The summed E-state index contributed by atoms with van der Waals surface area (Å²) in [5.74, 6) is -3.53. The highest BCUT2D eigenvalue weighted by atomic mass is 35.5. The molecule has 3 aromatic rings. The van der Waals surface area contributed by atoms with Crippen LogP contribution < -0.4 is 31.3 Å². The van der Waals surface area contributed by atoms with E-state index >= 15 is 0 Å². The van der Waals surface area contributed by atoms with E-state index in [0.29, 0.717) is 36.8 Å². The van der Waals surface area contributed by atoms with Crippen LogP contribution in [0.25, 0.3) is 0 Å². The van der Waals surface area contributed by atoms with Crippen LogP contribution in [0.2, 0.25) is 5.02 Å². The highest BCUT2D eigenvalue weighted by molar-refractivity contribution is 6.35. The Morgan fingerprint density at radius 2 is 1.67 bits per heavy atom. The van der Waals surface area contributed by atoms with E-state index < -0.39 is 60.6 Å². The molecule has 2 aromatic carbocycles. The summed E-state index contributed by atoms with van der Waals surface area (Å²) in [6.45, 7) is -0.643. The number of nitrogens with one attached hydrogen (secondary N) is 5. The Bertz CT molecular complexity index is 1740. The van der Waals surface area contributed by atoms with Crippen molar-refractivity contribution in [2.24, 2.45) is 5.92 Å². The smallest absolute Gasteiger partial charge is 0.422 e. The fourth-order valence-corrected chi connectivity index (χ4v) is 5.37. The molecule has 0 spiro atoms. The van der Waals surface area contributed by atoms with Crippen molar-refractivity contribution >= 4 is 52.9 Å². The van der Waals surface area contributed by atoms with Crippen LogP contribution in [-0.4, -0.2) is 90.9 Å². The van der Waals surface area contributed by atoms with Crippen LogP contribution in [0.3, 0.4) is 0 Å². The molecule has 2 fully saturated rings. The number of alkyl halides is 3. The second-order valence-electron chi connectivity index (χ2n) is 12.1. The number of esters is 1. The van der Waals surface area contributed by atoms with Gasteiger partial charge in [-0.05, 0) is 73.6 Å². The lowest BCUT2D eigenvalue weighted by Gasteiger charge is -2.22. The first-order chi connectivity index (χ1) is 24.8. The molecule has 2 heterocycles. The molecule has 19 heteroatoms. The lowest BCUT2D eigenvalue weighted by molar-refractivity contribution is -0.154. The zero-order valence-corrected chi connectivity index (χ0v) is 28.6. The second kappa shape index (κ2) is 16.9. The molecule has 1 unspecified atom stereocenters. The summed E-state index contributed by atoms with van der Waals surface area (Å²) in [5, 5.41) is 13.9. The normalized spacial score (nSPS) is 16.8. The van der Waals surface area contributed by atoms with Crippen molar-refractivity contribution in [2.45, 2.75) is 43.4 Å². The highest BCUT2D eigenvalue weighted by Crippen LogP contribution is 2.48. The van der Waals surface area contributed by atoms with Gasteiger partial charge in [-0.1, -0.05) is 23.7 Å². The molecule has 278 valence electrons. The van der Waals surface area contributed by atoms with Crippen LogP contribution in [0, 0.1) is 5.92 Å². The minimum Gasteiger partial charge on any atom is -0.467 e. The van der Waals surface area contributed by atoms with E-state index in [0.717, 1.165) is 25.5 Å². The molecule has 5 N–H and O–H groups in total. The monoisotopic (exact) mass is 748 g/mol. The largest absolute Gasteiger partial charge is 0.467 e. The van der Waals surface area contributed by atoms with Gasteiger partial charge >= 0.3 is 30.0 Å². The van der Waals surface area contributed by atoms with E-state index in [1.807, 2.05) is 12.1 Å². The van der Waals surface area contributed by atoms with E-state index in [2.05, 4.69) is 41.5 Å². The number of methoxy groups -OCH3 is 1. The Labute approximate surface area is 300 Å². The molecule has 0 bridgehead atoms. The zero-order valence-electron chi connectivity index (χ0n) is 27.8. The maximum atomic E-state index is 13.0. The molecule has 1 aliphatic heterocycles. The predicted octanol–water partition coefficient (Wildman–Crippen LogP) is 3.24. The maximum Gasteiger partial charge on any atom is 0.422 e. The third kappa shape index (κ3) is 10.9. The standard InChI is InChI=1S/C33H36ClF3N8O7/c1-50-28(49)24(16-39-27(48)26(47)38-15-19-3-2-14-51-17-19)41-25(46)20-4-10-23(11-5-20)40-29-42-30(44-31(43-29)52-18-33(35,36)37)45-32(12-13-32)21-6-8-22(34)9-7-21/h4-11,19,24H,2-3,12-18H2,1H3,(H,38,47)(H,39,48)(H,41,46)(H2,40,42,43,44,45)/t19?,24-/m0/s1. The summed E-state index contributed by atoms with van der Waals surface area (Å²) in [6, 6.07) is 10.9. The van der Waals surface area contributed by atoms with Gasteiger partial charge in [-0.3, -0.25) is 14.4 Å². The molecular formula is C33H36ClF3N8O7. The Kier molecular flexibility index (Phi) is 12.3.